The SMILES string of the molecule is C[C@@H](O)[C@H]1C(=O)N2C(C(=O)O)=C3[C@H](CNc4[nH+]nc(-c5ccccc5)s4)CCC[C@@H]3[C@H]12. The zero-order valence-corrected chi connectivity index (χ0v) is 17.9. The van der Waals surface area contributed by atoms with Crippen molar-refractivity contribution in [2.24, 2.45) is 17.8 Å². The molecule has 5 atom stereocenters. The minimum Gasteiger partial charge on any atom is -0.477 e. The molecule has 2 aliphatic heterocycles. The van der Waals surface area contributed by atoms with E-state index in [-0.39, 0.29) is 29.5 Å². The molecule has 1 aromatic heterocycles. The number of β-lactam (4-membered cyclic amide) rings is 1. The van der Waals surface area contributed by atoms with Gasteiger partial charge in [-0.05, 0) is 36.7 Å². The fourth-order valence-electron chi connectivity index (χ4n) is 5.45. The van der Waals surface area contributed by atoms with Gasteiger partial charge in [0.25, 0.3) is 0 Å². The van der Waals surface area contributed by atoms with E-state index >= 15 is 0 Å². The number of carbonyl (C=O) groups excluding carboxylic acids is 1. The lowest BCUT2D eigenvalue weighted by Gasteiger charge is -2.47. The third kappa shape index (κ3) is 3.23. The van der Waals surface area contributed by atoms with Crippen molar-refractivity contribution in [3.63, 3.8) is 0 Å². The second-order valence-electron chi connectivity index (χ2n) is 8.52. The Morgan fingerprint density at radius 1 is 1.35 bits per heavy atom. The molecule has 1 amide bonds. The number of hydrogen-bond donors (Lipinski definition) is 3. The molecule has 162 valence electrons. The lowest BCUT2D eigenvalue weighted by atomic mass is 9.69. The fourth-order valence-corrected chi connectivity index (χ4v) is 6.24. The van der Waals surface area contributed by atoms with Crippen LogP contribution in [-0.4, -0.2) is 50.8 Å². The van der Waals surface area contributed by atoms with Gasteiger partial charge in [0.1, 0.15) is 5.70 Å². The Bertz CT molecular complexity index is 1050. The minimum atomic E-state index is -1.05. The second-order valence-corrected chi connectivity index (χ2v) is 9.51. The molecule has 2 fully saturated rings. The molecule has 0 spiro atoms. The quantitative estimate of drug-likeness (QED) is 0.591. The maximum absolute atomic E-state index is 12.6. The Morgan fingerprint density at radius 3 is 2.84 bits per heavy atom. The highest BCUT2D eigenvalue weighted by Gasteiger charge is 2.62. The van der Waals surface area contributed by atoms with E-state index in [0.717, 1.165) is 40.5 Å². The zero-order valence-electron chi connectivity index (χ0n) is 17.1. The van der Waals surface area contributed by atoms with Gasteiger partial charge in [-0.2, -0.15) is 0 Å². The Morgan fingerprint density at radius 2 is 2.13 bits per heavy atom. The van der Waals surface area contributed by atoms with Gasteiger partial charge in [0.05, 0.1) is 24.6 Å². The van der Waals surface area contributed by atoms with Crippen molar-refractivity contribution in [3.8, 4) is 10.6 Å². The standard InChI is InChI=1S/C22H24N4O4S/c1-11(27)15-17-14-9-5-8-13(16(14)18(21(29)30)26(17)20(15)28)10-23-22-25-24-19(31-22)12-6-3-2-4-7-12/h2-4,6-7,11,13-15,17,27H,5,8-10H2,1H3,(H,23,25)(H,29,30)/p+1/t11-,13+,14+,15-,17-/m1/s1. The summed E-state index contributed by atoms with van der Waals surface area (Å²) >= 11 is 1.52. The Labute approximate surface area is 183 Å². The van der Waals surface area contributed by atoms with E-state index in [4.69, 9.17) is 0 Å². The second kappa shape index (κ2) is 7.72. The third-order valence-electron chi connectivity index (χ3n) is 6.73. The van der Waals surface area contributed by atoms with Gasteiger partial charge in [-0.15, -0.1) is 5.10 Å². The summed E-state index contributed by atoms with van der Waals surface area (Å²) in [5, 5.41) is 32.5. The molecule has 0 bridgehead atoms. The average Bonchev–Trinajstić information content (AvgIpc) is 3.34. The van der Waals surface area contributed by atoms with Crippen LogP contribution < -0.4 is 10.4 Å². The monoisotopic (exact) mass is 441 g/mol. The van der Waals surface area contributed by atoms with Crippen molar-refractivity contribution < 1.29 is 24.9 Å². The summed E-state index contributed by atoms with van der Waals surface area (Å²) in [6.45, 7) is 2.19. The highest BCUT2D eigenvalue weighted by atomic mass is 32.1. The summed E-state index contributed by atoms with van der Waals surface area (Å²) in [7, 11) is 0. The number of amides is 1. The lowest BCUT2D eigenvalue weighted by molar-refractivity contribution is -0.431. The van der Waals surface area contributed by atoms with Crippen LogP contribution in [0.4, 0.5) is 5.13 Å². The molecule has 1 saturated carbocycles. The largest absolute Gasteiger partial charge is 0.477 e. The third-order valence-corrected chi connectivity index (χ3v) is 7.69. The Kier molecular flexibility index (Phi) is 5.02. The predicted octanol–water partition coefficient (Wildman–Crippen LogP) is 2.01. The number of carboxylic acids is 1. The van der Waals surface area contributed by atoms with Gasteiger partial charge >= 0.3 is 11.1 Å². The summed E-state index contributed by atoms with van der Waals surface area (Å²) in [5.74, 6) is -1.80. The van der Waals surface area contributed by atoms with Gasteiger partial charge in [0.2, 0.25) is 5.91 Å². The van der Waals surface area contributed by atoms with Crippen LogP contribution in [0.15, 0.2) is 41.6 Å². The Hall–Kier alpha value is -2.78. The maximum Gasteiger partial charge on any atom is 0.354 e. The van der Waals surface area contributed by atoms with Crippen LogP contribution in [0.1, 0.15) is 26.2 Å². The van der Waals surface area contributed by atoms with Crippen LogP contribution in [0.5, 0.6) is 0 Å². The molecular formula is C22H25N4O4S+. The van der Waals surface area contributed by atoms with Crippen molar-refractivity contribution in [2.75, 3.05) is 11.9 Å². The number of aromatic amines is 1. The van der Waals surface area contributed by atoms with Crippen molar-refractivity contribution in [1.82, 2.24) is 10.00 Å². The smallest absolute Gasteiger partial charge is 0.354 e. The number of benzene rings is 1. The van der Waals surface area contributed by atoms with E-state index < -0.39 is 18.0 Å². The summed E-state index contributed by atoms with van der Waals surface area (Å²) in [5.41, 5.74) is 2.04. The first-order valence-electron chi connectivity index (χ1n) is 10.6. The molecule has 3 aliphatic rings. The highest BCUT2D eigenvalue weighted by molar-refractivity contribution is 7.18. The topological polar surface area (TPSA) is 117 Å². The van der Waals surface area contributed by atoms with Crippen LogP contribution in [0.3, 0.4) is 0 Å². The summed E-state index contributed by atoms with van der Waals surface area (Å²) in [4.78, 5) is 26.1. The average molecular weight is 442 g/mol. The van der Waals surface area contributed by atoms with Gasteiger partial charge in [0.15, 0.2) is 5.01 Å². The molecule has 2 aromatic rings. The molecule has 0 radical (unpaired) electrons. The van der Waals surface area contributed by atoms with Gasteiger partial charge in [0, 0.05) is 17.4 Å². The van der Waals surface area contributed by atoms with Gasteiger partial charge < -0.3 is 15.1 Å². The molecule has 1 saturated heterocycles. The van der Waals surface area contributed by atoms with E-state index in [2.05, 4.69) is 15.5 Å². The number of aromatic nitrogens is 2. The number of hydrogen-bond acceptors (Lipinski definition) is 6. The van der Waals surface area contributed by atoms with Gasteiger partial charge in [-0.1, -0.05) is 41.9 Å². The molecule has 4 N–H and O–H groups in total. The number of aliphatic hydroxyl groups excluding tert-OH is 1. The lowest BCUT2D eigenvalue weighted by Crippen LogP contribution is -2.64. The molecule has 31 heavy (non-hydrogen) atoms. The van der Waals surface area contributed by atoms with Crippen LogP contribution >= 0.6 is 11.3 Å². The van der Waals surface area contributed by atoms with Crippen molar-refractivity contribution in [1.29, 1.82) is 0 Å². The number of aliphatic hydroxyl groups is 1. The van der Waals surface area contributed by atoms with Crippen molar-refractivity contribution >= 4 is 28.3 Å². The minimum absolute atomic E-state index is 0.00858. The first kappa shape index (κ1) is 20.1. The molecule has 0 unspecified atom stereocenters. The van der Waals surface area contributed by atoms with Crippen LogP contribution in [0.2, 0.25) is 0 Å². The van der Waals surface area contributed by atoms with Gasteiger partial charge in [-0.3, -0.25) is 10.1 Å². The van der Waals surface area contributed by atoms with E-state index in [1.807, 2.05) is 30.3 Å². The summed E-state index contributed by atoms with van der Waals surface area (Å²) in [6.07, 6.45) is 1.92. The number of H-pyrrole nitrogens is 1. The van der Waals surface area contributed by atoms with Crippen molar-refractivity contribution in [3.05, 3.63) is 41.6 Å². The van der Waals surface area contributed by atoms with E-state index in [9.17, 15) is 19.8 Å². The number of carboxylic acid groups (broad SMARTS) is 1. The molecule has 5 rings (SSSR count). The zero-order chi connectivity index (χ0) is 21.7. The summed E-state index contributed by atoms with van der Waals surface area (Å²) < 4.78 is 0. The number of carbonyl (C=O) groups is 2. The van der Waals surface area contributed by atoms with Crippen LogP contribution in [-0.2, 0) is 9.59 Å². The van der Waals surface area contributed by atoms with E-state index in [0.29, 0.717) is 6.54 Å². The first-order chi connectivity index (χ1) is 15.0. The van der Waals surface area contributed by atoms with Crippen LogP contribution in [0.25, 0.3) is 10.6 Å². The fraction of sp³-hybridized carbons (Fsp3) is 0.455. The molecule has 1 aromatic carbocycles. The van der Waals surface area contributed by atoms with Crippen molar-refractivity contribution in [2.45, 2.75) is 38.3 Å². The number of nitrogens with zero attached hydrogens (tertiary/aromatic N) is 2. The van der Waals surface area contributed by atoms with Crippen LogP contribution in [0, 0.1) is 17.8 Å². The normalized spacial score (nSPS) is 28.1. The number of rotatable bonds is 6. The molecule has 8 nitrogen and oxygen atoms in total. The highest BCUT2D eigenvalue weighted by Crippen LogP contribution is 2.53. The first-order valence-corrected chi connectivity index (χ1v) is 11.4. The van der Waals surface area contributed by atoms with E-state index in [1.54, 1.807) is 6.92 Å². The Balaban J connectivity index is 1.37. The van der Waals surface area contributed by atoms with Gasteiger partial charge in [-0.25, -0.2) is 4.79 Å². The summed E-state index contributed by atoms with van der Waals surface area (Å²) in [6, 6.07) is 9.69. The molecule has 1 aliphatic carbocycles. The number of nitrogens with one attached hydrogen (secondary N) is 2. The number of anilines is 1. The maximum atomic E-state index is 12.6. The molecular weight excluding hydrogens is 416 g/mol. The predicted molar refractivity (Wildman–Crippen MR) is 114 cm³/mol. The molecule has 9 heteroatoms. The number of aliphatic carboxylic acids is 1. The van der Waals surface area contributed by atoms with E-state index in [1.165, 1.54) is 16.2 Å². The molecule has 3 heterocycles. The number of fused-ring (bicyclic) bond motifs is 3.